The first-order valence-electron chi connectivity index (χ1n) is 8.39. The number of ether oxygens (including phenoxy) is 2. The molecule has 0 amide bonds. The number of carbonyl (C=O) groups is 1. The summed E-state index contributed by atoms with van der Waals surface area (Å²) >= 11 is 5.97. The second kappa shape index (κ2) is 13.4. The van der Waals surface area contributed by atoms with Crippen molar-refractivity contribution in [1.29, 1.82) is 0 Å². The Kier molecular flexibility index (Phi) is 13.2. The first-order chi connectivity index (χ1) is 10.0. The van der Waals surface area contributed by atoms with Crippen molar-refractivity contribution in [3.05, 3.63) is 0 Å². The molecule has 0 aliphatic rings. The van der Waals surface area contributed by atoms with Crippen LogP contribution in [0.4, 0.5) is 0 Å². The zero-order chi connectivity index (χ0) is 16.1. The molecule has 0 fully saturated rings. The summed E-state index contributed by atoms with van der Waals surface area (Å²) in [4.78, 5) is 11.9. The number of unbranched alkanes of at least 4 members (excludes halogenated alkanes) is 3. The predicted octanol–water partition coefficient (Wildman–Crippen LogP) is 4.81. The molecule has 126 valence electrons. The Morgan fingerprint density at radius 1 is 1.10 bits per heavy atom. The van der Waals surface area contributed by atoms with Crippen LogP contribution in [-0.4, -0.2) is 31.2 Å². The summed E-state index contributed by atoms with van der Waals surface area (Å²) < 4.78 is 10.9. The highest BCUT2D eigenvalue weighted by Gasteiger charge is 2.20. The van der Waals surface area contributed by atoms with E-state index in [1.54, 1.807) is 0 Å². The summed E-state index contributed by atoms with van der Waals surface area (Å²) in [7, 11) is 0. The van der Waals surface area contributed by atoms with Gasteiger partial charge in [0.15, 0.2) is 0 Å². The fourth-order valence-electron chi connectivity index (χ4n) is 2.38. The van der Waals surface area contributed by atoms with Gasteiger partial charge in [0, 0.05) is 12.0 Å². The molecule has 3 atom stereocenters. The number of hydrogen-bond donors (Lipinski definition) is 0. The zero-order valence-corrected chi connectivity index (χ0v) is 15.0. The molecule has 0 rings (SSSR count). The van der Waals surface area contributed by atoms with Crippen molar-refractivity contribution in [2.24, 2.45) is 11.8 Å². The first kappa shape index (κ1) is 20.7. The van der Waals surface area contributed by atoms with E-state index < -0.39 is 0 Å². The van der Waals surface area contributed by atoms with E-state index in [2.05, 4.69) is 13.8 Å². The second-order valence-electron chi connectivity index (χ2n) is 5.96. The smallest absolute Gasteiger partial charge is 0.311 e. The quantitative estimate of drug-likeness (QED) is 0.277. The molecule has 0 aromatic heterocycles. The van der Waals surface area contributed by atoms with Gasteiger partial charge in [-0.1, -0.05) is 39.5 Å². The third-order valence-corrected chi connectivity index (χ3v) is 3.65. The van der Waals surface area contributed by atoms with Crippen LogP contribution < -0.4 is 0 Å². The van der Waals surface area contributed by atoms with E-state index >= 15 is 0 Å². The van der Waals surface area contributed by atoms with Gasteiger partial charge in [-0.2, -0.15) is 0 Å². The minimum Gasteiger partial charge on any atom is -0.466 e. The molecule has 3 nitrogen and oxygen atoms in total. The van der Waals surface area contributed by atoms with E-state index in [1.165, 1.54) is 19.3 Å². The zero-order valence-electron chi connectivity index (χ0n) is 14.2. The number of esters is 1. The molecule has 0 saturated heterocycles. The molecule has 21 heavy (non-hydrogen) atoms. The van der Waals surface area contributed by atoms with Crippen molar-refractivity contribution in [2.75, 3.05) is 19.8 Å². The molecule has 0 aliphatic heterocycles. The lowest BCUT2D eigenvalue weighted by Gasteiger charge is -2.18. The highest BCUT2D eigenvalue weighted by molar-refractivity contribution is 6.20. The van der Waals surface area contributed by atoms with E-state index in [-0.39, 0.29) is 17.3 Å². The minimum atomic E-state index is -0.123. The van der Waals surface area contributed by atoms with Gasteiger partial charge in [-0.3, -0.25) is 4.79 Å². The number of rotatable bonds is 13. The average Bonchev–Trinajstić information content (AvgIpc) is 2.40. The maximum Gasteiger partial charge on any atom is 0.311 e. The Bertz CT molecular complexity index is 256. The molecule has 0 aromatic rings. The van der Waals surface area contributed by atoms with Gasteiger partial charge < -0.3 is 9.47 Å². The van der Waals surface area contributed by atoms with Gasteiger partial charge in [0.2, 0.25) is 0 Å². The molecule has 4 heteroatoms. The molecule has 0 spiro atoms. The summed E-state index contributed by atoms with van der Waals surface area (Å²) in [6.45, 7) is 9.70. The van der Waals surface area contributed by atoms with Crippen LogP contribution in [-0.2, 0) is 14.3 Å². The minimum absolute atomic E-state index is 0.118. The third-order valence-electron chi connectivity index (χ3n) is 3.47. The Morgan fingerprint density at radius 3 is 2.38 bits per heavy atom. The fourth-order valence-corrected chi connectivity index (χ4v) is 2.68. The number of alkyl halides is 1. The van der Waals surface area contributed by atoms with E-state index in [0.717, 1.165) is 19.3 Å². The fraction of sp³-hybridized carbons (Fsp3) is 0.941. The van der Waals surface area contributed by atoms with Crippen LogP contribution in [0.1, 0.15) is 66.2 Å². The first-order valence-corrected chi connectivity index (χ1v) is 8.83. The Balaban J connectivity index is 4.05. The van der Waals surface area contributed by atoms with Crippen LogP contribution in [0, 0.1) is 11.8 Å². The summed E-state index contributed by atoms with van der Waals surface area (Å²) in [6, 6.07) is 0. The summed E-state index contributed by atoms with van der Waals surface area (Å²) in [6.07, 6.45) is 6.46. The van der Waals surface area contributed by atoms with Gasteiger partial charge >= 0.3 is 5.97 Å². The molecular formula is C17H33ClO3. The van der Waals surface area contributed by atoms with Crippen LogP contribution in [0.5, 0.6) is 0 Å². The molecule has 0 saturated carbocycles. The molecule has 3 unspecified atom stereocenters. The molecule has 0 radical (unpaired) electrons. The van der Waals surface area contributed by atoms with E-state index in [9.17, 15) is 4.79 Å². The number of halogens is 1. The van der Waals surface area contributed by atoms with Crippen molar-refractivity contribution < 1.29 is 14.3 Å². The molecule has 0 aromatic carbocycles. The molecule has 0 bridgehead atoms. The summed E-state index contributed by atoms with van der Waals surface area (Å²) in [5.41, 5.74) is 0. The molecule has 0 heterocycles. The van der Waals surface area contributed by atoms with Crippen molar-refractivity contribution in [2.45, 2.75) is 71.6 Å². The number of hydrogen-bond acceptors (Lipinski definition) is 3. The lowest BCUT2D eigenvalue weighted by Crippen LogP contribution is -2.24. The van der Waals surface area contributed by atoms with Crippen molar-refractivity contribution in [1.82, 2.24) is 0 Å². The topological polar surface area (TPSA) is 35.5 Å². The van der Waals surface area contributed by atoms with Gasteiger partial charge in [-0.25, -0.2) is 0 Å². The van der Waals surface area contributed by atoms with E-state index in [0.29, 0.717) is 25.7 Å². The van der Waals surface area contributed by atoms with Crippen LogP contribution in [0.15, 0.2) is 0 Å². The van der Waals surface area contributed by atoms with Gasteiger partial charge in [-0.15, -0.1) is 11.6 Å². The summed E-state index contributed by atoms with van der Waals surface area (Å²) in [5.74, 6) is 0.176. The van der Waals surface area contributed by atoms with Gasteiger partial charge in [0.05, 0.1) is 19.1 Å². The van der Waals surface area contributed by atoms with Crippen molar-refractivity contribution in [3.63, 3.8) is 0 Å². The maximum absolute atomic E-state index is 11.9. The lowest BCUT2D eigenvalue weighted by molar-refractivity contribution is -0.150. The Hall–Kier alpha value is -0.280. The van der Waals surface area contributed by atoms with Gasteiger partial charge in [0.25, 0.3) is 0 Å². The van der Waals surface area contributed by atoms with Gasteiger partial charge in [-0.05, 0) is 32.6 Å². The van der Waals surface area contributed by atoms with Crippen LogP contribution in [0.3, 0.4) is 0 Å². The monoisotopic (exact) mass is 320 g/mol. The normalized spacial score (nSPS) is 15.5. The third kappa shape index (κ3) is 12.0. The average molecular weight is 321 g/mol. The predicted molar refractivity (Wildman–Crippen MR) is 88.8 cm³/mol. The van der Waals surface area contributed by atoms with Crippen LogP contribution >= 0.6 is 11.6 Å². The largest absolute Gasteiger partial charge is 0.466 e. The van der Waals surface area contributed by atoms with E-state index in [1.807, 2.05) is 13.8 Å². The number of carbonyl (C=O) groups excluding carboxylic acids is 1. The lowest BCUT2D eigenvalue weighted by atomic mass is 10.0. The second-order valence-corrected chi connectivity index (χ2v) is 6.70. The maximum atomic E-state index is 11.9. The highest BCUT2D eigenvalue weighted by Crippen LogP contribution is 2.15. The van der Waals surface area contributed by atoms with E-state index in [4.69, 9.17) is 21.1 Å². The van der Waals surface area contributed by atoms with Crippen molar-refractivity contribution >= 4 is 17.6 Å². The highest BCUT2D eigenvalue weighted by atomic mass is 35.5. The van der Waals surface area contributed by atoms with Gasteiger partial charge in [0.1, 0.15) is 0 Å². The SMILES string of the molecule is CCCCCCC(COCC(C)CC(C)Cl)C(=O)OCC. The Labute approximate surface area is 135 Å². The standard InChI is InChI=1S/C17H33ClO3/c1-5-7-8-9-10-16(17(19)21-6-2)13-20-12-14(3)11-15(4)18/h14-16H,5-13H2,1-4H3. The molecular weight excluding hydrogens is 288 g/mol. The van der Waals surface area contributed by atoms with Crippen LogP contribution in [0.2, 0.25) is 0 Å². The Morgan fingerprint density at radius 2 is 1.81 bits per heavy atom. The summed E-state index contributed by atoms with van der Waals surface area (Å²) in [5, 5.41) is 0.165. The molecule has 0 aliphatic carbocycles. The van der Waals surface area contributed by atoms with Crippen molar-refractivity contribution in [3.8, 4) is 0 Å². The molecule has 0 N–H and O–H groups in total. The van der Waals surface area contributed by atoms with Crippen LogP contribution in [0.25, 0.3) is 0 Å².